The lowest BCUT2D eigenvalue weighted by Crippen LogP contribution is -2.48. The van der Waals surface area contributed by atoms with E-state index in [0.717, 1.165) is 30.7 Å². The van der Waals surface area contributed by atoms with Gasteiger partial charge < -0.3 is 30.3 Å². The molecule has 11 nitrogen and oxygen atoms in total. The molecule has 1 aromatic heterocycles. The molecule has 2 saturated heterocycles. The average molecular weight is 733 g/mol. The highest BCUT2D eigenvalue weighted by molar-refractivity contribution is 7.23. The molecule has 3 fully saturated rings. The molecule has 2 aromatic carbocycles. The number of hydrogen-bond donors (Lipinski definition) is 2. The fraction of sp³-hybridized carbons (Fsp3) is 0.444. The van der Waals surface area contributed by atoms with Crippen LogP contribution in [0, 0.1) is 46.1 Å². The number of ether oxygens (including phenoxy) is 2. The van der Waals surface area contributed by atoms with E-state index < -0.39 is 11.6 Å². The summed E-state index contributed by atoms with van der Waals surface area (Å²) in [5.74, 6) is -1.48. The molecule has 1 unspecified atom stereocenters. The van der Waals surface area contributed by atoms with Gasteiger partial charge in [0.1, 0.15) is 35.5 Å². The number of nitrogens with zero attached hydrogens (tertiary/aromatic N) is 6. The largest absolute Gasteiger partial charge is 0.459 e. The first-order valence-electron chi connectivity index (χ1n) is 17.1. The second-order valence-corrected chi connectivity index (χ2v) is 15.2. The Bertz CT molecular complexity index is 2120. The molecule has 15 heteroatoms. The van der Waals surface area contributed by atoms with Crippen LogP contribution in [-0.2, 0) is 9.53 Å². The number of hydrogen-bond acceptors (Lipinski definition) is 11. The van der Waals surface area contributed by atoms with Gasteiger partial charge in [-0.2, -0.15) is 10.5 Å². The number of likely N-dealkylation sites (N-methyl/N-ethyl adjacent to an activating group) is 1. The van der Waals surface area contributed by atoms with Crippen LogP contribution >= 0.6 is 22.9 Å². The molecule has 5 aliphatic rings. The van der Waals surface area contributed by atoms with Gasteiger partial charge in [0.05, 0.1) is 50.6 Å². The van der Waals surface area contributed by atoms with Gasteiger partial charge in [-0.25, -0.2) is 13.8 Å². The van der Waals surface area contributed by atoms with Gasteiger partial charge in [0.2, 0.25) is 5.91 Å². The number of nitrogens with two attached hydrogens (primary N) is 1. The molecule has 0 bridgehead atoms. The zero-order valence-corrected chi connectivity index (χ0v) is 29.6. The number of likely N-dealkylation sites (tertiary alicyclic amines) is 2. The number of carbonyl (C=O) groups excluding carboxylic acids is 1. The molecule has 5 heterocycles. The Labute approximate surface area is 302 Å². The monoisotopic (exact) mass is 732 g/mol. The lowest BCUT2D eigenvalue weighted by molar-refractivity contribution is -0.134. The molecular weight excluding hydrogens is 698 g/mol. The molecule has 1 aliphatic carbocycles. The third-order valence-electron chi connectivity index (χ3n) is 10.8. The van der Waals surface area contributed by atoms with E-state index in [9.17, 15) is 15.3 Å². The van der Waals surface area contributed by atoms with E-state index in [1.165, 1.54) is 12.1 Å². The van der Waals surface area contributed by atoms with Crippen LogP contribution in [0.3, 0.4) is 0 Å². The highest BCUT2D eigenvalue weighted by Crippen LogP contribution is 2.51. The van der Waals surface area contributed by atoms with Crippen molar-refractivity contribution in [2.45, 2.75) is 57.2 Å². The van der Waals surface area contributed by atoms with Crippen LogP contribution in [0.25, 0.3) is 21.2 Å². The summed E-state index contributed by atoms with van der Waals surface area (Å²) >= 11 is 8.01. The smallest absolute Gasteiger partial charge is 0.302 e. The third kappa shape index (κ3) is 5.52. The Morgan fingerprint density at radius 2 is 2.00 bits per heavy atom. The van der Waals surface area contributed by atoms with Crippen molar-refractivity contribution in [3.63, 3.8) is 0 Å². The van der Waals surface area contributed by atoms with Crippen molar-refractivity contribution in [1.29, 1.82) is 10.5 Å². The van der Waals surface area contributed by atoms with Gasteiger partial charge >= 0.3 is 5.95 Å². The number of carbonyl (C=O) groups is 1. The zero-order chi connectivity index (χ0) is 35.7. The summed E-state index contributed by atoms with van der Waals surface area (Å²) in [5, 5.41) is 22.7. The number of aliphatic imine (C=N–C) groups is 1. The summed E-state index contributed by atoms with van der Waals surface area (Å²) in [6.45, 7) is 4.01. The maximum Gasteiger partial charge on any atom is 0.302 e. The highest BCUT2D eigenvalue weighted by atomic mass is 35.5. The van der Waals surface area contributed by atoms with Gasteiger partial charge in [-0.3, -0.25) is 9.69 Å². The topological polar surface area (TPSA) is 143 Å². The van der Waals surface area contributed by atoms with Crippen molar-refractivity contribution in [3.05, 3.63) is 52.1 Å². The van der Waals surface area contributed by atoms with E-state index in [2.05, 4.69) is 16.3 Å². The van der Waals surface area contributed by atoms with Gasteiger partial charge in [-0.05, 0) is 64.3 Å². The second kappa shape index (κ2) is 12.9. The number of piperidine rings is 1. The Morgan fingerprint density at radius 3 is 2.69 bits per heavy atom. The molecule has 3 aromatic rings. The van der Waals surface area contributed by atoms with E-state index in [-0.39, 0.29) is 91.1 Å². The summed E-state index contributed by atoms with van der Waals surface area (Å²) in [7, 11) is 2.05. The van der Waals surface area contributed by atoms with Gasteiger partial charge in [-0.15, -0.1) is 11.3 Å². The summed E-state index contributed by atoms with van der Waals surface area (Å²) in [6.07, 6.45) is 5.18. The minimum absolute atomic E-state index is 0.0170. The van der Waals surface area contributed by atoms with Crippen LogP contribution in [0.4, 0.5) is 19.5 Å². The number of benzene rings is 2. The van der Waals surface area contributed by atoms with E-state index in [0.29, 0.717) is 49.4 Å². The molecule has 3 N–H and O–H groups in total. The van der Waals surface area contributed by atoms with Crippen molar-refractivity contribution in [3.8, 4) is 29.0 Å². The predicted octanol–water partition coefficient (Wildman–Crippen LogP) is 6.23. The second-order valence-electron chi connectivity index (χ2n) is 13.8. The lowest BCUT2D eigenvalue weighted by Gasteiger charge is -2.39. The minimum atomic E-state index is -0.824. The first-order chi connectivity index (χ1) is 24.6. The highest BCUT2D eigenvalue weighted by Gasteiger charge is 2.46. The van der Waals surface area contributed by atoms with Crippen LogP contribution in [0.5, 0.6) is 5.75 Å². The molecule has 8 rings (SSSR count). The zero-order valence-electron chi connectivity index (χ0n) is 28.0. The fourth-order valence-corrected chi connectivity index (χ4v) is 9.30. The maximum atomic E-state index is 17.3. The van der Waals surface area contributed by atoms with Crippen molar-refractivity contribution >= 4 is 55.5 Å². The molecule has 0 spiro atoms. The molecular formula is C36H35ClF2N8O3S. The SMILES string of the molecule is CC(OC1=CN(C2CCN(C(=O)[C@@H]3C[C@H]3C#N)CC2)C2=NCNc3c(Cl)c(-c4ccc(F)c5sc(N)c(C#N)c45)c(F)c(c32)O1)[C@@H]1CCCN1C. The Morgan fingerprint density at radius 1 is 1.22 bits per heavy atom. The number of amides is 1. The standard InChI is InChI=1S/C36H35ClF2N8O3S/c1-17(24-4-3-9-45(24)2)49-25-15-47(19-7-10-46(11-8-19)36(48)21-12-18(21)13-40)35-28-31(43-16-44-35)29(37)27(30(39)32(28)50-25)20-5-6-23(38)33-26(20)22(14-41)34(42)51-33/h5-6,15,17-19,21,24,43H,3-4,7-12,16,42H2,1-2H3/t17?,18-,21+,24-/m0/s1. The average Bonchev–Trinajstić information content (AvgIpc) is 3.72. The van der Waals surface area contributed by atoms with Crippen LogP contribution in [0.2, 0.25) is 5.02 Å². The first kappa shape index (κ1) is 33.5. The lowest BCUT2D eigenvalue weighted by atomic mass is 9.94. The Kier molecular flexibility index (Phi) is 8.44. The molecule has 51 heavy (non-hydrogen) atoms. The number of nitriles is 2. The maximum absolute atomic E-state index is 17.3. The van der Waals surface area contributed by atoms with Crippen LogP contribution < -0.4 is 15.8 Å². The van der Waals surface area contributed by atoms with E-state index in [1.54, 1.807) is 6.20 Å². The van der Waals surface area contributed by atoms with Crippen molar-refractivity contribution in [2.75, 3.05) is 44.4 Å². The van der Waals surface area contributed by atoms with Gasteiger partial charge in [0.15, 0.2) is 11.6 Å². The number of halogens is 3. The molecule has 4 aliphatic heterocycles. The van der Waals surface area contributed by atoms with E-state index >= 15 is 8.78 Å². The molecule has 4 atom stereocenters. The van der Waals surface area contributed by atoms with Crippen LogP contribution in [0.15, 0.2) is 29.3 Å². The van der Waals surface area contributed by atoms with Gasteiger partial charge in [-0.1, -0.05) is 17.7 Å². The predicted molar refractivity (Wildman–Crippen MR) is 190 cm³/mol. The number of fused-ring (bicyclic) bond motifs is 1. The fourth-order valence-electron chi connectivity index (χ4n) is 8.01. The molecule has 0 radical (unpaired) electrons. The van der Waals surface area contributed by atoms with Gasteiger partial charge in [0, 0.05) is 36.1 Å². The third-order valence-corrected chi connectivity index (χ3v) is 12.2. The van der Waals surface area contributed by atoms with Gasteiger partial charge in [0.25, 0.3) is 0 Å². The molecule has 264 valence electrons. The van der Waals surface area contributed by atoms with Crippen molar-refractivity contribution in [2.24, 2.45) is 16.8 Å². The van der Waals surface area contributed by atoms with E-state index in [1.807, 2.05) is 29.8 Å². The minimum Gasteiger partial charge on any atom is -0.459 e. The van der Waals surface area contributed by atoms with Crippen molar-refractivity contribution in [1.82, 2.24) is 14.7 Å². The number of nitrogen functional groups attached to an aromatic ring is 1. The number of anilines is 2. The van der Waals surface area contributed by atoms with Crippen LogP contribution in [0.1, 0.15) is 50.2 Å². The normalized spacial score (nSPS) is 23.6. The summed E-state index contributed by atoms with van der Waals surface area (Å²) in [4.78, 5) is 23.9. The summed E-state index contributed by atoms with van der Waals surface area (Å²) in [5.41, 5.74) is 6.97. The molecule has 1 amide bonds. The van der Waals surface area contributed by atoms with E-state index in [4.69, 9.17) is 31.8 Å². The number of amidine groups is 1. The van der Waals surface area contributed by atoms with Crippen LogP contribution in [-0.4, -0.2) is 78.0 Å². The Balaban J connectivity index is 1.23. The summed E-state index contributed by atoms with van der Waals surface area (Å²) < 4.78 is 45.4. The quantitative estimate of drug-likeness (QED) is 0.302. The van der Waals surface area contributed by atoms with Crippen molar-refractivity contribution < 1.29 is 23.0 Å². The number of rotatable bonds is 6. The number of nitrogens with one attached hydrogen (secondary N) is 1. The Hall–Kier alpha value is -4.63. The summed E-state index contributed by atoms with van der Waals surface area (Å²) in [6, 6.07) is 6.83. The number of thiophene rings is 1. The first-order valence-corrected chi connectivity index (χ1v) is 18.3. The molecule has 1 saturated carbocycles.